The predicted molar refractivity (Wildman–Crippen MR) is 198 cm³/mol. The van der Waals surface area contributed by atoms with Crippen LogP contribution < -0.4 is 4.90 Å². The summed E-state index contributed by atoms with van der Waals surface area (Å²) in [5, 5.41) is 10.9. The van der Waals surface area contributed by atoms with Crippen LogP contribution in [-0.2, 0) is 27.9 Å². The minimum absolute atomic E-state index is 0.0520. The first-order valence-electron chi connectivity index (χ1n) is 22.1. The number of fused-ring (bicyclic) bond motifs is 1. The number of thioether (sulfide) groups is 1. The van der Waals surface area contributed by atoms with Gasteiger partial charge in [0.15, 0.2) is 11.6 Å². The molecule has 1 N–H and O–H groups in total. The Morgan fingerprint density at radius 3 is 2.43 bits per heavy atom. The molecule has 0 bridgehead atoms. The van der Waals surface area contributed by atoms with Crippen molar-refractivity contribution in [3.63, 3.8) is 0 Å². The molecule has 12 heteroatoms. The molecule has 0 aliphatic carbocycles. The van der Waals surface area contributed by atoms with Gasteiger partial charge in [-0.2, -0.15) is 13.2 Å². The van der Waals surface area contributed by atoms with Crippen LogP contribution in [0.15, 0.2) is 95.9 Å². The molecule has 1 atom stereocenters. The largest absolute Gasteiger partial charge is 0.416 e. The van der Waals surface area contributed by atoms with Gasteiger partial charge >= 0.3 is 6.18 Å². The number of rotatable bonds is 12. The van der Waals surface area contributed by atoms with Gasteiger partial charge in [-0.25, -0.2) is 8.78 Å². The van der Waals surface area contributed by atoms with E-state index in [-0.39, 0.29) is 67.5 Å². The van der Waals surface area contributed by atoms with E-state index in [2.05, 4.69) is 0 Å². The van der Waals surface area contributed by atoms with Crippen molar-refractivity contribution in [2.24, 2.45) is 0 Å². The van der Waals surface area contributed by atoms with E-state index in [0.717, 1.165) is 40.1 Å². The van der Waals surface area contributed by atoms with E-state index >= 15 is 9.18 Å². The fraction of sp³-hybridized carbons (Fsp3) is 0.341. The first kappa shape index (κ1) is 26.5. The predicted octanol–water partition coefficient (Wildman–Crippen LogP) is 8.73. The number of likely N-dealkylation sites (tertiary alicyclic amines) is 1. The number of aliphatic hydroxyl groups is 1. The molecular formula is C41H42F5N3O3S. The Labute approximate surface area is 326 Å². The number of carbonyl (C=O) groups is 1. The van der Waals surface area contributed by atoms with Gasteiger partial charge in [0.25, 0.3) is 0 Å². The molecule has 2 aliphatic rings. The van der Waals surface area contributed by atoms with Crippen LogP contribution in [0.25, 0.3) is 11.1 Å². The number of alkyl halides is 3. The molecule has 1 amide bonds. The summed E-state index contributed by atoms with van der Waals surface area (Å²) >= 11 is 0.105. The number of benzene rings is 4. The third kappa shape index (κ3) is 9.29. The van der Waals surface area contributed by atoms with Crippen molar-refractivity contribution < 1.29 is 51.7 Å². The SMILES string of the molecule is [2H]C1=C(SC([2H])([2H])c2cccc(F)c2F)N(CC(=O)N(C2CCN(CCOC([2H])([2H])[2H])CC2)C([2H])([2H])c2ccc(-c3ccc(C(F)(F)F)cc3)cc2)c2c([2H])c([2H])c(C)c([2H])c2C1O. The fourth-order valence-corrected chi connectivity index (χ4v) is 6.89. The summed E-state index contributed by atoms with van der Waals surface area (Å²) in [5.74, 6) is -3.94. The molecule has 1 unspecified atom stereocenters. The summed E-state index contributed by atoms with van der Waals surface area (Å²) in [6.07, 6.45) is -6.30. The van der Waals surface area contributed by atoms with Gasteiger partial charge < -0.3 is 24.5 Å². The lowest BCUT2D eigenvalue weighted by Crippen LogP contribution is -2.50. The molecule has 6 nitrogen and oxygen atoms in total. The quantitative estimate of drug-likeness (QED) is 0.146. The molecule has 4 aromatic rings. The Morgan fingerprint density at radius 2 is 1.75 bits per heavy atom. The van der Waals surface area contributed by atoms with Crippen LogP contribution in [0.3, 0.4) is 0 Å². The Morgan fingerprint density at radius 1 is 1.06 bits per heavy atom. The van der Waals surface area contributed by atoms with Crippen LogP contribution in [0.4, 0.5) is 27.6 Å². The number of halogens is 5. The number of carbonyl (C=O) groups excluding carboxylic acids is 1. The second kappa shape index (κ2) is 16.8. The molecule has 4 aromatic carbocycles. The van der Waals surface area contributed by atoms with Gasteiger partial charge in [-0.1, -0.05) is 66.2 Å². The van der Waals surface area contributed by atoms with E-state index in [0.29, 0.717) is 11.1 Å². The summed E-state index contributed by atoms with van der Waals surface area (Å²) in [5.41, 5.74) is -4.67. The minimum atomic E-state index is -4.57. The Hall–Kier alpha value is -4.23. The van der Waals surface area contributed by atoms with Crippen molar-refractivity contribution in [1.29, 1.82) is 0 Å². The van der Waals surface area contributed by atoms with Crippen LogP contribution in [0.1, 0.15) is 61.8 Å². The van der Waals surface area contributed by atoms with Gasteiger partial charge in [-0.3, -0.25) is 4.79 Å². The maximum atomic E-state index is 15.1. The summed E-state index contributed by atoms with van der Waals surface area (Å²) in [7, 11) is -2.63. The topological polar surface area (TPSA) is 56.3 Å². The number of hydrogen-bond donors (Lipinski definition) is 1. The number of anilines is 1. The van der Waals surface area contributed by atoms with Gasteiger partial charge in [0.2, 0.25) is 5.91 Å². The molecule has 1 saturated heterocycles. The van der Waals surface area contributed by atoms with E-state index < -0.39 is 108 Å². The zero-order valence-corrected chi connectivity index (χ0v) is 29.2. The second-order valence-corrected chi connectivity index (χ2v) is 13.3. The number of hydrogen-bond acceptors (Lipinski definition) is 6. The standard InChI is InChI=1S/C41H42F5N3O3S/c1-27-6-15-36-34(22-27)37(50)23-39(53-26-31-4-3-5-35(42)40(31)43)49(36)25-38(51)48(33-16-18-47(19-17-33)20-21-52-2)24-28-7-9-29(10-8-28)30-11-13-32(14-12-30)41(44,45)46/h3-15,22-23,33,37,50H,16-21,24-26H2,1-2H3/i2D3,6D,15D,22D,23D,24D2,26D2. The number of ether oxygens (including phenoxy) is 1. The summed E-state index contributed by atoms with van der Waals surface area (Å²) < 4.78 is 168. The van der Waals surface area contributed by atoms with Crippen molar-refractivity contribution >= 4 is 23.4 Å². The monoisotopic (exact) mass is 762 g/mol. The zero-order valence-electron chi connectivity index (χ0n) is 39.4. The molecule has 0 saturated carbocycles. The lowest BCUT2D eigenvalue weighted by molar-refractivity contribution is -0.137. The molecule has 6 rings (SSSR count). The molecular weight excluding hydrogens is 710 g/mol. The number of aliphatic hydroxyl groups excluding tert-OH is 1. The van der Waals surface area contributed by atoms with Crippen LogP contribution in [0.2, 0.25) is 0 Å². The number of amides is 1. The van der Waals surface area contributed by atoms with E-state index in [9.17, 15) is 25.4 Å². The first-order chi connectivity index (χ1) is 29.7. The van der Waals surface area contributed by atoms with Crippen molar-refractivity contribution in [1.82, 2.24) is 9.80 Å². The van der Waals surface area contributed by atoms with Crippen molar-refractivity contribution in [2.45, 2.75) is 50.3 Å². The van der Waals surface area contributed by atoms with E-state index in [4.69, 9.17) is 17.1 Å². The Kier molecular flexibility index (Phi) is 8.43. The lowest BCUT2D eigenvalue weighted by Gasteiger charge is -2.40. The number of nitrogens with zero attached hydrogens (tertiary/aromatic N) is 3. The normalized spacial score (nSPS) is 20.7. The van der Waals surface area contributed by atoms with Crippen molar-refractivity contribution in [3.05, 3.63) is 135 Å². The van der Waals surface area contributed by atoms with Crippen LogP contribution in [0, 0.1) is 18.6 Å². The first-order valence-corrected chi connectivity index (χ1v) is 17.4. The van der Waals surface area contributed by atoms with Crippen LogP contribution in [-0.4, -0.2) is 66.7 Å². The van der Waals surface area contributed by atoms with Gasteiger partial charge in [0.05, 0.1) is 29.5 Å². The molecule has 2 heterocycles. The van der Waals surface area contributed by atoms with Gasteiger partial charge in [0.1, 0.15) is 12.6 Å². The molecule has 53 heavy (non-hydrogen) atoms. The Balaban J connectivity index is 1.42. The van der Waals surface area contributed by atoms with E-state index in [1.165, 1.54) is 43.3 Å². The zero-order chi connectivity index (χ0) is 47.3. The highest BCUT2D eigenvalue weighted by Crippen LogP contribution is 2.41. The third-order valence-electron chi connectivity index (χ3n) is 8.88. The second-order valence-electron chi connectivity index (χ2n) is 12.5. The maximum absolute atomic E-state index is 15.1. The summed E-state index contributed by atoms with van der Waals surface area (Å²) in [4.78, 5) is 18.8. The number of piperidine rings is 1. The maximum Gasteiger partial charge on any atom is 0.416 e. The highest BCUT2D eigenvalue weighted by Gasteiger charge is 2.33. The fourth-order valence-electron chi connectivity index (χ4n) is 6.09. The highest BCUT2D eigenvalue weighted by atomic mass is 32.2. The van der Waals surface area contributed by atoms with Gasteiger partial charge in [-0.05, 0) is 66.7 Å². The molecule has 2 aliphatic heterocycles. The number of methoxy groups -OCH3 is 1. The van der Waals surface area contributed by atoms with Crippen LogP contribution in [0.5, 0.6) is 0 Å². The average molecular weight is 763 g/mol. The molecule has 0 aromatic heterocycles. The van der Waals surface area contributed by atoms with Crippen molar-refractivity contribution in [3.8, 4) is 11.1 Å². The summed E-state index contributed by atoms with van der Waals surface area (Å²) in [6, 6.07) is 9.50. The smallest absolute Gasteiger partial charge is 0.384 e. The van der Waals surface area contributed by atoms with Crippen molar-refractivity contribution in [2.75, 3.05) is 44.7 Å². The highest BCUT2D eigenvalue weighted by molar-refractivity contribution is 8.02. The molecule has 1 fully saturated rings. The summed E-state index contributed by atoms with van der Waals surface area (Å²) in [6.45, 7) is -1.76. The van der Waals surface area contributed by atoms with E-state index in [1.54, 1.807) is 0 Å². The molecule has 0 spiro atoms. The Bertz CT molecular complexity index is 2420. The van der Waals surface area contributed by atoms with Gasteiger partial charge in [0, 0.05) is 64.5 Å². The average Bonchev–Trinajstić information content (AvgIpc) is 3.22. The van der Waals surface area contributed by atoms with E-state index in [1.807, 2.05) is 4.90 Å². The lowest BCUT2D eigenvalue weighted by atomic mass is 9.99. The molecule has 0 radical (unpaired) electrons. The minimum Gasteiger partial charge on any atom is -0.384 e. The van der Waals surface area contributed by atoms with Crippen LogP contribution >= 0.6 is 11.8 Å². The third-order valence-corrected chi connectivity index (χ3v) is 9.73. The van der Waals surface area contributed by atoms with Gasteiger partial charge in [-0.15, -0.1) is 11.8 Å². The molecule has 280 valence electrons.